The Labute approximate surface area is 60.6 Å². The average Bonchev–Trinajstić information content (AvgIpc) is 1.88. The molecule has 1 aliphatic carbocycles. The van der Waals surface area contributed by atoms with Crippen LogP contribution in [0.2, 0.25) is 0 Å². The van der Waals surface area contributed by atoms with Gasteiger partial charge in [-0.25, -0.2) is 0 Å². The summed E-state index contributed by atoms with van der Waals surface area (Å²) in [5, 5.41) is 8.57. The molecule has 2 heteroatoms. The Morgan fingerprint density at radius 2 is 2.20 bits per heavy atom. The lowest BCUT2D eigenvalue weighted by Gasteiger charge is -2.15. The molecule has 0 heterocycles. The van der Waals surface area contributed by atoms with Gasteiger partial charge in [0.15, 0.2) is 0 Å². The predicted octanol–water partition coefficient (Wildman–Crippen LogP) is 1.67. The molecule has 0 saturated heterocycles. The molecule has 0 fully saturated rings. The Kier molecular flexibility index (Phi) is 2.10. The number of carboxylic acid groups (broad SMARTS) is 1. The van der Waals surface area contributed by atoms with E-state index >= 15 is 0 Å². The highest BCUT2D eigenvalue weighted by molar-refractivity contribution is 5.72. The maximum atomic E-state index is 10.4. The molecule has 0 aliphatic heterocycles. The number of carbonyl (C=O) groups is 1. The van der Waals surface area contributed by atoms with Crippen molar-refractivity contribution in [3.8, 4) is 0 Å². The Morgan fingerprint density at radius 3 is 2.60 bits per heavy atom. The van der Waals surface area contributed by atoms with E-state index in [1.165, 1.54) is 0 Å². The molecule has 56 valence electrons. The maximum absolute atomic E-state index is 10.4. The van der Waals surface area contributed by atoms with E-state index in [9.17, 15) is 4.79 Å². The summed E-state index contributed by atoms with van der Waals surface area (Å²) in [7, 11) is 0. The van der Waals surface area contributed by atoms with Gasteiger partial charge in [0.25, 0.3) is 0 Å². The van der Waals surface area contributed by atoms with Crippen molar-refractivity contribution in [1.29, 1.82) is 0 Å². The molecule has 2 atom stereocenters. The third-order valence-corrected chi connectivity index (χ3v) is 1.92. The van der Waals surface area contributed by atoms with Crippen molar-refractivity contribution >= 4 is 5.97 Å². The van der Waals surface area contributed by atoms with Crippen LogP contribution in [0, 0.1) is 11.8 Å². The molecule has 0 bridgehead atoms. The highest BCUT2D eigenvalue weighted by Gasteiger charge is 2.18. The number of aliphatic carboxylic acids is 1. The fourth-order valence-electron chi connectivity index (χ4n) is 1.16. The first-order valence-corrected chi connectivity index (χ1v) is 3.61. The second-order valence-electron chi connectivity index (χ2n) is 2.88. The molecule has 1 aliphatic rings. The van der Waals surface area contributed by atoms with Crippen molar-refractivity contribution in [3.05, 3.63) is 12.2 Å². The van der Waals surface area contributed by atoms with Gasteiger partial charge in [-0.05, 0) is 18.8 Å². The fourth-order valence-corrected chi connectivity index (χ4v) is 1.16. The number of allylic oxidation sites excluding steroid dienone is 1. The summed E-state index contributed by atoms with van der Waals surface area (Å²) in [6, 6.07) is 0. The van der Waals surface area contributed by atoms with Crippen molar-refractivity contribution in [2.45, 2.75) is 19.8 Å². The van der Waals surface area contributed by atoms with Gasteiger partial charge in [0, 0.05) is 0 Å². The first-order chi connectivity index (χ1) is 4.70. The number of hydrogen-bond donors (Lipinski definition) is 1. The van der Waals surface area contributed by atoms with Crippen molar-refractivity contribution in [2.24, 2.45) is 11.8 Å². The van der Waals surface area contributed by atoms with Crippen molar-refractivity contribution in [3.63, 3.8) is 0 Å². The van der Waals surface area contributed by atoms with Gasteiger partial charge >= 0.3 is 5.97 Å². The zero-order chi connectivity index (χ0) is 7.56. The summed E-state index contributed by atoms with van der Waals surface area (Å²) in [5.41, 5.74) is 0. The number of carboxylic acids is 1. The topological polar surface area (TPSA) is 37.3 Å². The Morgan fingerprint density at radius 1 is 1.50 bits per heavy atom. The number of rotatable bonds is 1. The zero-order valence-electron chi connectivity index (χ0n) is 6.08. The van der Waals surface area contributed by atoms with Gasteiger partial charge in [0.2, 0.25) is 0 Å². The van der Waals surface area contributed by atoms with E-state index in [2.05, 4.69) is 6.92 Å². The molecular weight excluding hydrogens is 128 g/mol. The lowest BCUT2D eigenvalue weighted by atomic mass is 9.90. The van der Waals surface area contributed by atoms with Crippen molar-refractivity contribution < 1.29 is 9.90 Å². The summed E-state index contributed by atoms with van der Waals surface area (Å²) in [6.07, 6.45) is 5.60. The van der Waals surface area contributed by atoms with Crippen LogP contribution in [0.3, 0.4) is 0 Å². The standard InChI is InChI=1S/C8H12O2/c1-6-2-4-7(5-3-6)8(9)10/h2,4,6-7H,3,5H2,1H3,(H,9,10)/t6-,7+/m1/s1. The molecule has 0 aromatic carbocycles. The average molecular weight is 140 g/mol. The Balaban J connectivity index is 2.53. The van der Waals surface area contributed by atoms with Crippen LogP contribution < -0.4 is 0 Å². The van der Waals surface area contributed by atoms with Crippen LogP contribution >= 0.6 is 0 Å². The molecule has 0 radical (unpaired) electrons. The van der Waals surface area contributed by atoms with E-state index in [-0.39, 0.29) is 5.92 Å². The minimum absolute atomic E-state index is 0.226. The summed E-state index contributed by atoms with van der Waals surface area (Å²) >= 11 is 0. The van der Waals surface area contributed by atoms with E-state index in [4.69, 9.17) is 5.11 Å². The second-order valence-corrected chi connectivity index (χ2v) is 2.88. The van der Waals surface area contributed by atoms with Crippen LogP contribution in [0.25, 0.3) is 0 Å². The van der Waals surface area contributed by atoms with E-state index in [1.54, 1.807) is 6.08 Å². The number of hydrogen-bond acceptors (Lipinski definition) is 1. The molecule has 0 aromatic rings. The normalized spacial score (nSPS) is 32.1. The summed E-state index contributed by atoms with van der Waals surface area (Å²) in [4.78, 5) is 10.4. The van der Waals surface area contributed by atoms with Gasteiger partial charge in [-0.3, -0.25) is 4.79 Å². The molecule has 2 nitrogen and oxygen atoms in total. The largest absolute Gasteiger partial charge is 0.481 e. The first kappa shape index (κ1) is 7.32. The smallest absolute Gasteiger partial charge is 0.310 e. The summed E-state index contributed by atoms with van der Waals surface area (Å²) < 4.78 is 0. The quantitative estimate of drug-likeness (QED) is 0.562. The minimum Gasteiger partial charge on any atom is -0.481 e. The monoisotopic (exact) mass is 140 g/mol. The lowest BCUT2D eigenvalue weighted by Crippen LogP contribution is -2.15. The van der Waals surface area contributed by atoms with Gasteiger partial charge in [0.1, 0.15) is 0 Å². The van der Waals surface area contributed by atoms with Crippen LogP contribution in [0.15, 0.2) is 12.2 Å². The van der Waals surface area contributed by atoms with Crippen molar-refractivity contribution in [2.75, 3.05) is 0 Å². The molecule has 1 N–H and O–H groups in total. The molecule has 0 amide bonds. The predicted molar refractivity (Wildman–Crippen MR) is 38.7 cm³/mol. The molecule has 10 heavy (non-hydrogen) atoms. The van der Waals surface area contributed by atoms with Crippen molar-refractivity contribution in [1.82, 2.24) is 0 Å². The van der Waals surface area contributed by atoms with E-state index in [0.29, 0.717) is 5.92 Å². The van der Waals surface area contributed by atoms with Crippen LogP contribution in [-0.2, 0) is 4.79 Å². The maximum Gasteiger partial charge on any atom is 0.310 e. The molecule has 0 spiro atoms. The van der Waals surface area contributed by atoms with Crippen LogP contribution in [0.5, 0.6) is 0 Å². The van der Waals surface area contributed by atoms with E-state index < -0.39 is 5.97 Å². The van der Waals surface area contributed by atoms with Gasteiger partial charge in [-0.1, -0.05) is 19.1 Å². The van der Waals surface area contributed by atoms with Gasteiger partial charge in [-0.2, -0.15) is 0 Å². The summed E-state index contributed by atoms with van der Waals surface area (Å²) in [6.45, 7) is 2.11. The highest BCUT2D eigenvalue weighted by atomic mass is 16.4. The molecule has 0 aromatic heterocycles. The molecule has 0 saturated carbocycles. The minimum atomic E-state index is -0.692. The van der Waals surface area contributed by atoms with Crippen LogP contribution in [0.1, 0.15) is 19.8 Å². The summed E-state index contributed by atoms with van der Waals surface area (Å²) in [5.74, 6) is -0.352. The molecule has 0 unspecified atom stereocenters. The third kappa shape index (κ3) is 1.59. The first-order valence-electron chi connectivity index (χ1n) is 3.61. The third-order valence-electron chi connectivity index (χ3n) is 1.92. The van der Waals surface area contributed by atoms with E-state index in [0.717, 1.165) is 12.8 Å². The van der Waals surface area contributed by atoms with Gasteiger partial charge < -0.3 is 5.11 Å². The lowest BCUT2D eigenvalue weighted by molar-refractivity contribution is -0.140. The fraction of sp³-hybridized carbons (Fsp3) is 0.625. The van der Waals surface area contributed by atoms with Gasteiger partial charge in [-0.15, -0.1) is 0 Å². The second kappa shape index (κ2) is 2.86. The zero-order valence-corrected chi connectivity index (χ0v) is 6.08. The van der Waals surface area contributed by atoms with Gasteiger partial charge in [0.05, 0.1) is 5.92 Å². The molecule has 1 rings (SSSR count). The SMILES string of the molecule is C[C@@H]1C=C[C@H](C(=O)O)CC1. The van der Waals surface area contributed by atoms with Crippen LogP contribution in [-0.4, -0.2) is 11.1 Å². The Bertz CT molecular complexity index is 161. The Hall–Kier alpha value is -0.790. The van der Waals surface area contributed by atoms with Crippen LogP contribution in [0.4, 0.5) is 0 Å². The highest BCUT2D eigenvalue weighted by Crippen LogP contribution is 2.21. The van der Waals surface area contributed by atoms with E-state index in [1.807, 2.05) is 6.08 Å². The molecular formula is C8H12O2.